The molecule has 1 amide bonds. The maximum absolute atomic E-state index is 12.4. The van der Waals surface area contributed by atoms with Crippen LogP contribution in [0.5, 0.6) is 0 Å². The molecule has 0 aromatic heterocycles. The minimum absolute atomic E-state index is 0.113. The molecule has 2 aromatic carbocycles. The van der Waals surface area contributed by atoms with Crippen molar-refractivity contribution >= 4 is 27.1 Å². The van der Waals surface area contributed by atoms with Crippen molar-refractivity contribution in [2.24, 2.45) is 0 Å². The van der Waals surface area contributed by atoms with Crippen molar-refractivity contribution < 1.29 is 18.1 Å². The predicted molar refractivity (Wildman–Crippen MR) is 107 cm³/mol. The highest BCUT2D eigenvalue weighted by molar-refractivity contribution is 7.90. The highest BCUT2D eigenvalue weighted by Crippen LogP contribution is 2.27. The fraction of sp³-hybridized carbons (Fsp3) is 0.316. The molecule has 28 heavy (non-hydrogen) atoms. The van der Waals surface area contributed by atoms with E-state index in [4.69, 9.17) is 0 Å². The summed E-state index contributed by atoms with van der Waals surface area (Å²) < 4.78 is 23.1. The van der Waals surface area contributed by atoms with E-state index >= 15 is 0 Å². The Bertz CT molecular complexity index is 945. The van der Waals surface area contributed by atoms with Crippen LogP contribution in [0.2, 0.25) is 0 Å². The van der Waals surface area contributed by atoms with Crippen molar-refractivity contribution in [1.82, 2.24) is 5.32 Å². The number of hydrogen-bond acceptors (Lipinski definition) is 6. The molecule has 0 aliphatic heterocycles. The molecule has 2 N–H and O–H groups in total. The molecule has 0 heterocycles. The number of carbonyl (C=O) groups is 1. The van der Waals surface area contributed by atoms with E-state index in [1.807, 2.05) is 37.3 Å². The number of nitro groups is 1. The SMILES string of the molecule is CC[C@@H](C(=O)NCCNc1ccc(S(C)(=O)=O)cc1[N+](=O)[O-])c1ccccc1. The summed E-state index contributed by atoms with van der Waals surface area (Å²) in [6.07, 6.45) is 1.65. The van der Waals surface area contributed by atoms with E-state index in [2.05, 4.69) is 10.6 Å². The molecular formula is C19H23N3O5S. The molecule has 0 radical (unpaired) electrons. The topological polar surface area (TPSA) is 118 Å². The smallest absolute Gasteiger partial charge is 0.293 e. The third-order valence-corrected chi connectivity index (χ3v) is 5.37. The Morgan fingerprint density at radius 2 is 1.82 bits per heavy atom. The van der Waals surface area contributed by atoms with Crippen molar-refractivity contribution in [3.05, 3.63) is 64.2 Å². The second-order valence-corrected chi connectivity index (χ2v) is 8.31. The third kappa shape index (κ3) is 5.53. The van der Waals surface area contributed by atoms with Crippen LogP contribution in [-0.2, 0) is 14.6 Å². The van der Waals surface area contributed by atoms with Gasteiger partial charge < -0.3 is 10.6 Å². The minimum atomic E-state index is -3.54. The second kappa shape index (κ2) is 9.32. The fourth-order valence-corrected chi connectivity index (χ4v) is 3.45. The number of rotatable bonds is 9. The van der Waals surface area contributed by atoms with Gasteiger partial charge in [0.1, 0.15) is 5.69 Å². The largest absolute Gasteiger partial charge is 0.378 e. The molecule has 2 aromatic rings. The molecule has 0 bridgehead atoms. The maximum Gasteiger partial charge on any atom is 0.293 e. The van der Waals surface area contributed by atoms with Gasteiger partial charge in [0.05, 0.1) is 15.7 Å². The standard InChI is InChI=1S/C19H23N3O5S/c1-3-16(14-7-5-4-6-8-14)19(23)21-12-11-20-17-10-9-15(28(2,26)27)13-18(17)22(24)25/h4-10,13,16,20H,3,11-12H2,1-2H3,(H,21,23)/t16-/m1/s1. The zero-order valence-corrected chi connectivity index (χ0v) is 16.5. The summed E-state index contributed by atoms with van der Waals surface area (Å²) >= 11 is 0. The highest BCUT2D eigenvalue weighted by Gasteiger charge is 2.20. The number of benzene rings is 2. The van der Waals surface area contributed by atoms with Gasteiger partial charge in [-0.3, -0.25) is 14.9 Å². The number of amides is 1. The van der Waals surface area contributed by atoms with Gasteiger partial charge in [-0.05, 0) is 24.1 Å². The van der Waals surface area contributed by atoms with Crippen molar-refractivity contribution in [2.45, 2.75) is 24.2 Å². The Hall–Kier alpha value is -2.94. The van der Waals surface area contributed by atoms with E-state index in [9.17, 15) is 23.3 Å². The number of sulfone groups is 1. The molecule has 8 nitrogen and oxygen atoms in total. The summed E-state index contributed by atoms with van der Waals surface area (Å²) in [6.45, 7) is 2.46. The van der Waals surface area contributed by atoms with E-state index in [0.717, 1.165) is 17.9 Å². The molecule has 0 unspecified atom stereocenters. The number of hydrogen-bond donors (Lipinski definition) is 2. The van der Waals surface area contributed by atoms with Crippen molar-refractivity contribution in [2.75, 3.05) is 24.7 Å². The minimum Gasteiger partial charge on any atom is -0.378 e. The predicted octanol–water partition coefficient (Wildman–Crippen LogP) is 2.72. The Morgan fingerprint density at radius 1 is 1.14 bits per heavy atom. The normalized spacial score (nSPS) is 12.2. The second-order valence-electron chi connectivity index (χ2n) is 6.30. The Balaban J connectivity index is 1.98. The Morgan fingerprint density at radius 3 is 2.39 bits per heavy atom. The quantitative estimate of drug-likeness (QED) is 0.376. The molecule has 150 valence electrons. The van der Waals surface area contributed by atoms with Crippen LogP contribution in [0.4, 0.5) is 11.4 Å². The first-order valence-corrected chi connectivity index (χ1v) is 10.7. The maximum atomic E-state index is 12.4. The molecule has 0 saturated carbocycles. The van der Waals surface area contributed by atoms with Gasteiger partial charge in [-0.2, -0.15) is 0 Å². The van der Waals surface area contributed by atoms with Gasteiger partial charge in [0.25, 0.3) is 5.69 Å². The van der Waals surface area contributed by atoms with Gasteiger partial charge in [-0.15, -0.1) is 0 Å². The number of nitrogens with one attached hydrogen (secondary N) is 2. The zero-order valence-electron chi connectivity index (χ0n) is 15.7. The summed E-state index contributed by atoms with van der Waals surface area (Å²) in [7, 11) is -3.54. The summed E-state index contributed by atoms with van der Waals surface area (Å²) in [5.41, 5.74) is 0.800. The third-order valence-electron chi connectivity index (χ3n) is 4.26. The van der Waals surface area contributed by atoms with Crippen LogP contribution in [-0.4, -0.2) is 38.6 Å². The van der Waals surface area contributed by atoms with Crippen LogP contribution in [0.3, 0.4) is 0 Å². The van der Waals surface area contributed by atoms with E-state index < -0.39 is 14.8 Å². The van der Waals surface area contributed by atoms with Gasteiger partial charge in [0.15, 0.2) is 9.84 Å². The molecule has 0 fully saturated rings. The number of nitrogens with zero attached hydrogens (tertiary/aromatic N) is 1. The Labute approximate surface area is 164 Å². The number of anilines is 1. The van der Waals surface area contributed by atoms with Crippen molar-refractivity contribution in [3.8, 4) is 0 Å². The molecule has 2 rings (SSSR count). The average molecular weight is 405 g/mol. The lowest BCUT2D eigenvalue weighted by atomic mass is 9.96. The van der Waals surface area contributed by atoms with Crippen LogP contribution in [0, 0.1) is 10.1 Å². The lowest BCUT2D eigenvalue weighted by Crippen LogP contribution is -2.33. The number of carbonyl (C=O) groups excluding carboxylic acids is 1. The van der Waals surface area contributed by atoms with Crippen molar-refractivity contribution in [1.29, 1.82) is 0 Å². The van der Waals surface area contributed by atoms with Gasteiger partial charge in [-0.1, -0.05) is 37.3 Å². The summed E-state index contributed by atoms with van der Waals surface area (Å²) in [6, 6.07) is 13.1. The van der Waals surface area contributed by atoms with Crippen LogP contribution in [0.15, 0.2) is 53.4 Å². The number of nitro benzene ring substituents is 1. The van der Waals surface area contributed by atoms with Crippen LogP contribution in [0.25, 0.3) is 0 Å². The van der Waals surface area contributed by atoms with E-state index in [1.165, 1.54) is 12.1 Å². The van der Waals surface area contributed by atoms with Crippen LogP contribution in [0.1, 0.15) is 24.8 Å². The van der Waals surface area contributed by atoms with Gasteiger partial charge in [0.2, 0.25) is 5.91 Å². The van der Waals surface area contributed by atoms with Crippen LogP contribution < -0.4 is 10.6 Å². The molecular weight excluding hydrogens is 382 g/mol. The monoisotopic (exact) mass is 405 g/mol. The Kier molecular flexibility index (Phi) is 7.11. The zero-order chi connectivity index (χ0) is 20.7. The first-order valence-electron chi connectivity index (χ1n) is 8.79. The van der Waals surface area contributed by atoms with E-state index in [1.54, 1.807) is 0 Å². The average Bonchev–Trinajstić information content (AvgIpc) is 2.65. The van der Waals surface area contributed by atoms with Gasteiger partial charge in [0, 0.05) is 25.4 Å². The first kappa shape index (κ1) is 21.4. The first-order chi connectivity index (χ1) is 13.2. The lowest BCUT2D eigenvalue weighted by molar-refractivity contribution is -0.384. The summed E-state index contributed by atoms with van der Waals surface area (Å²) in [5, 5.41) is 16.9. The summed E-state index contributed by atoms with van der Waals surface area (Å²) in [5.74, 6) is -0.373. The highest BCUT2D eigenvalue weighted by atomic mass is 32.2. The van der Waals surface area contributed by atoms with Crippen LogP contribution >= 0.6 is 0 Å². The van der Waals surface area contributed by atoms with Gasteiger partial charge in [-0.25, -0.2) is 8.42 Å². The fourth-order valence-electron chi connectivity index (χ4n) is 2.81. The molecule has 1 atom stereocenters. The molecule has 9 heteroatoms. The molecule has 0 spiro atoms. The van der Waals surface area contributed by atoms with Crippen molar-refractivity contribution in [3.63, 3.8) is 0 Å². The molecule has 0 saturated heterocycles. The molecule has 0 aliphatic rings. The van der Waals surface area contributed by atoms with E-state index in [-0.39, 0.29) is 41.2 Å². The molecule has 0 aliphatic carbocycles. The lowest BCUT2D eigenvalue weighted by Gasteiger charge is -2.16. The van der Waals surface area contributed by atoms with Gasteiger partial charge >= 0.3 is 0 Å². The van der Waals surface area contributed by atoms with E-state index in [0.29, 0.717) is 6.42 Å². The summed E-state index contributed by atoms with van der Waals surface area (Å²) in [4.78, 5) is 22.9.